The molecule has 0 radical (unpaired) electrons. The Morgan fingerprint density at radius 1 is 0.977 bits per heavy atom. The lowest BCUT2D eigenvalue weighted by Gasteiger charge is -2.45. The smallest absolute Gasteiger partial charge is 0.271 e. The number of rotatable bonds is 7. The quantitative estimate of drug-likeness (QED) is 0.154. The third-order valence-corrected chi connectivity index (χ3v) is 10.7. The molecule has 0 saturated carbocycles. The van der Waals surface area contributed by atoms with Crippen LogP contribution in [0, 0.1) is 17.0 Å². The normalized spacial score (nSPS) is 23.2. The van der Waals surface area contributed by atoms with Gasteiger partial charge < -0.3 is 15.2 Å². The van der Waals surface area contributed by atoms with Gasteiger partial charge in [-0.2, -0.15) is 0 Å². The molecular weight excluding hydrogens is 552 g/mol. The number of nitrogen functional groups attached to an aromatic ring is 1. The van der Waals surface area contributed by atoms with Crippen LogP contribution in [0.1, 0.15) is 72.7 Å². The van der Waals surface area contributed by atoms with E-state index in [0.29, 0.717) is 36.8 Å². The van der Waals surface area contributed by atoms with Crippen molar-refractivity contribution < 1.29 is 9.72 Å². The number of hydrogen-bond donors (Lipinski definition) is 1. The SMILES string of the molecule is Cc1nc2ccccc2n1C1CC2CCC(C1)N2CCC1(c2ccccc2)CCN(C(=O)c2ccc([N+](=O)[O-])cc2N)CC1. The Morgan fingerprint density at radius 2 is 1.66 bits per heavy atom. The van der Waals surface area contributed by atoms with Crippen LogP contribution in [0.4, 0.5) is 11.4 Å². The second-order valence-electron chi connectivity index (χ2n) is 13.0. The Labute approximate surface area is 257 Å². The number of hydrogen-bond acceptors (Lipinski definition) is 6. The molecule has 2 N–H and O–H groups in total. The van der Waals surface area contributed by atoms with E-state index in [2.05, 4.69) is 71.0 Å². The molecule has 1 aromatic heterocycles. The van der Waals surface area contributed by atoms with E-state index in [1.54, 1.807) is 0 Å². The summed E-state index contributed by atoms with van der Waals surface area (Å²) in [5, 5.41) is 11.1. The van der Waals surface area contributed by atoms with Crippen molar-refractivity contribution in [1.82, 2.24) is 19.4 Å². The van der Waals surface area contributed by atoms with Crippen molar-refractivity contribution in [2.45, 2.75) is 75.4 Å². The number of anilines is 1. The predicted molar refractivity (Wildman–Crippen MR) is 172 cm³/mol. The summed E-state index contributed by atoms with van der Waals surface area (Å²) in [5.74, 6) is 0.963. The number of aromatic nitrogens is 2. The van der Waals surface area contributed by atoms with Crippen LogP contribution in [0.3, 0.4) is 0 Å². The molecule has 2 atom stereocenters. The van der Waals surface area contributed by atoms with Crippen LogP contribution in [0.15, 0.2) is 72.8 Å². The van der Waals surface area contributed by atoms with Gasteiger partial charge in [0.05, 0.1) is 27.2 Å². The minimum absolute atomic E-state index is 0.00745. The molecule has 3 aromatic carbocycles. The van der Waals surface area contributed by atoms with Crippen LogP contribution in [-0.4, -0.2) is 61.9 Å². The predicted octanol–water partition coefficient (Wildman–Crippen LogP) is 6.27. The van der Waals surface area contributed by atoms with Crippen molar-refractivity contribution in [3.8, 4) is 0 Å². The molecule has 2 bridgehead atoms. The Bertz CT molecular complexity index is 1680. The molecule has 2 unspecified atom stereocenters. The zero-order valence-corrected chi connectivity index (χ0v) is 25.3. The van der Waals surface area contributed by atoms with Gasteiger partial charge in [-0.3, -0.25) is 19.8 Å². The lowest BCUT2D eigenvalue weighted by atomic mass is 9.70. The second kappa shape index (κ2) is 11.4. The van der Waals surface area contributed by atoms with E-state index in [1.807, 2.05) is 4.90 Å². The fourth-order valence-corrected chi connectivity index (χ4v) is 8.43. The van der Waals surface area contributed by atoms with Gasteiger partial charge in [-0.05, 0) is 87.6 Å². The van der Waals surface area contributed by atoms with Gasteiger partial charge in [-0.25, -0.2) is 4.98 Å². The highest BCUT2D eigenvalue weighted by Crippen LogP contribution is 2.45. The van der Waals surface area contributed by atoms with E-state index >= 15 is 0 Å². The number of amides is 1. The maximum Gasteiger partial charge on any atom is 0.271 e. The van der Waals surface area contributed by atoms with Crippen molar-refractivity contribution >= 4 is 28.3 Å². The Kier molecular flexibility index (Phi) is 7.36. The molecule has 1 amide bonds. The van der Waals surface area contributed by atoms with E-state index < -0.39 is 4.92 Å². The summed E-state index contributed by atoms with van der Waals surface area (Å²) in [7, 11) is 0. The molecular formula is C35H40N6O3. The number of nitrogens with two attached hydrogens (primary N) is 1. The third-order valence-electron chi connectivity index (χ3n) is 10.7. The van der Waals surface area contributed by atoms with Crippen LogP contribution in [0.25, 0.3) is 11.0 Å². The molecule has 4 aromatic rings. The Morgan fingerprint density at radius 3 is 2.34 bits per heavy atom. The van der Waals surface area contributed by atoms with E-state index in [1.165, 1.54) is 42.1 Å². The number of nitro groups is 1. The first-order chi connectivity index (χ1) is 21.3. The van der Waals surface area contributed by atoms with Crippen molar-refractivity contribution in [1.29, 1.82) is 0 Å². The second-order valence-corrected chi connectivity index (χ2v) is 13.0. The molecule has 9 heteroatoms. The molecule has 0 spiro atoms. The minimum atomic E-state index is -0.491. The Hall–Kier alpha value is -4.24. The van der Waals surface area contributed by atoms with Crippen molar-refractivity contribution in [3.05, 3.63) is 99.9 Å². The largest absolute Gasteiger partial charge is 0.398 e. The van der Waals surface area contributed by atoms with Gasteiger partial charge in [-0.15, -0.1) is 0 Å². The van der Waals surface area contributed by atoms with Gasteiger partial charge in [0.15, 0.2) is 0 Å². The number of fused-ring (bicyclic) bond motifs is 3. The van der Waals surface area contributed by atoms with Crippen molar-refractivity contribution in [2.75, 3.05) is 25.4 Å². The van der Waals surface area contributed by atoms with Crippen molar-refractivity contribution in [2.24, 2.45) is 0 Å². The number of piperidine rings is 2. The van der Waals surface area contributed by atoms with Gasteiger partial charge in [0, 0.05) is 43.3 Å². The number of likely N-dealkylation sites (tertiary alicyclic amines) is 1. The van der Waals surface area contributed by atoms with Gasteiger partial charge in [0.1, 0.15) is 5.82 Å². The van der Waals surface area contributed by atoms with E-state index in [4.69, 9.17) is 10.7 Å². The lowest BCUT2D eigenvalue weighted by molar-refractivity contribution is -0.384. The fraction of sp³-hybridized carbons (Fsp3) is 0.429. The summed E-state index contributed by atoms with van der Waals surface area (Å²) in [6, 6.07) is 25.1. The topological polar surface area (TPSA) is 111 Å². The summed E-state index contributed by atoms with van der Waals surface area (Å²) >= 11 is 0. The molecule has 3 aliphatic rings. The highest BCUT2D eigenvalue weighted by Gasteiger charge is 2.44. The van der Waals surface area contributed by atoms with Crippen LogP contribution >= 0.6 is 0 Å². The number of aryl methyl sites for hydroxylation is 1. The fourth-order valence-electron chi connectivity index (χ4n) is 8.43. The first-order valence-electron chi connectivity index (χ1n) is 15.9. The van der Waals surface area contributed by atoms with Gasteiger partial charge in [-0.1, -0.05) is 42.5 Å². The molecule has 9 nitrogen and oxygen atoms in total. The third kappa shape index (κ3) is 5.03. The summed E-state index contributed by atoms with van der Waals surface area (Å²) < 4.78 is 2.49. The van der Waals surface area contributed by atoms with Crippen LogP contribution in [0.5, 0.6) is 0 Å². The van der Waals surface area contributed by atoms with Gasteiger partial charge in [0.25, 0.3) is 11.6 Å². The Balaban J connectivity index is 1.06. The minimum Gasteiger partial charge on any atom is -0.398 e. The zero-order chi connectivity index (χ0) is 30.4. The lowest BCUT2D eigenvalue weighted by Crippen LogP contribution is -2.49. The maximum atomic E-state index is 13.4. The first-order valence-corrected chi connectivity index (χ1v) is 15.9. The van der Waals surface area contributed by atoms with Crippen LogP contribution < -0.4 is 5.73 Å². The number of carbonyl (C=O) groups is 1. The summed E-state index contributed by atoms with van der Waals surface area (Å²) in [6.07, 6.45) is 7.64. The van der Waals surface area contributed by atoms with Crippen molar-refractivity contribution in [3.63, 3.8) is 0 Å². The van der Waals surface area contributed by atoms with E-state index in [-0.39, 0.29) is 22.7 Å². The van der Waals surface area contributed by atoms with E-state index in [9.17, 15) is 14.9 Å². The summed E-state index contributed by atoms with van der Waals surface area (Å²) in [6.45, 7) is 4.47. The average molecular weight is 593 g/mol. The monoisotopic (exact) mass is 592 g/mol. The average Bonchev–Trinajstić information content (AvgIpc) is 3.50. The standard InChI is InChI=1S/C35H40N6O3/c1-24-37-32-9-5-6-10-33(32)40(24)29-21-26-11-12-27(22-29)39(26)20-17-35(25-7-3-2-4-8-25)15-18-38(19-16-35)34(42)30-14-13-28(41(43)44)23-31(30)36/h2-10,13-14,23,26-27,29H,11-12,15-22,36H2,1H3. The molecule has 4 heterocycles. The number of carbonyl (C=O) groups excluding carboxylic acids is 1. The molecule has 3 saturated heterocycles. The highest BCUT2D eigenvalue weighted by molar-refractivity contribution is 5.99. The van der Waals surface area contributed by atoms with Crippen LogP contribution in [-0.2, 0) is 5.41 Å². The van der Waals surface area contributed by atoms with E-state index in [0.717, 1.165) is 50.0 Å². The first kappa shape index (κ1) is 28.5. The summed E-state index contributed by atoms with van der Waals surface area (Å²) in [4.78, 5) is 33.6. The molecule has 44 heavy (non-hydrogen) atoms. The summed E-state index contributed by atoms with van der Waals surface area (Å²) in [5.41, 5.74) is 10.2. The molecule has 3 fully saturated rings. The maximum absolute atomic E-state index is 13.4. The molecule has 0 aliphatic carbocycles. The number of imidazole rings is 1. The highest BCUT2D eigenvalue weighted by atomic mass is 16.6. The molecule has 228 valence electrons. The number of non-ortho nitro benzene ring substituents is 1. The van der Waals surface area contributed by atoms with Crippen LogP contribution in [0.2, 0.25) is 0 Å². The number of nitrogens with zero attached hydrogens (tertiary/aromatic N) is 5. The number of nitro benzene ring substituents is 1. The molecule has 7 rings (SSSR count). The van der Waals surface area contributed by atoms with Gasteiger partial charge in [0.2, 0.25) is 0 Å². The number of para-hydroxylation sites is 2. The number of benzene rings is 3. The van der Waals surface area contributed by atoms with Gasteiger partial charge >= 0.3 is 0 Å². The zero-order valence-electron chi connectivity index (χ0n) is 25.3. The molecule has 3 aliphatic heterocycles.